The molecule has 1 aromatic heterocycles. The molecule has 6 heteroatoms. The van der Waals surface area contributed by atoms with Gasteiger partial charge < -0.3 is 16.0 Å². The van der Waals surface area contributed by atoms with Gasteiger partial charge in [0.1, 0.15) is 5.54 Å². The average Bonchev–Trinajstić information content (AvgIpc) is 2.96. The number of nitrogens with one attached hydrogen (secondary N) is 2. The zero-order valence-corrected chi connectivity index (χ0v) is 11.1. The van der Waals surface area contributed by atoms with Crippen molar-refractivity contribution >= 4 is 22.8 Å². The maximum atomic E-state index is 12.5. The second-order valence-corrected chi connectivity index (χ2v) is 4.99. The van der Waals surface area contributed by atoms with E-state index in [1.807, 2.05) is 24.3 Å². The van der Waals surface area contributed by atoms with Crippen molar-refractivity contribution in [1.29, 1.82) is 0 Å². The van der Waals surface area contributed by atoms with Gasteiger partial charge in [0, 0.05) is 29.7 Å². The molecule has 0 aliphatic carbocycles. The first-order valence-electron chi connectivity index (χ1n) is 6.47. The topological polar surface area (TPSA) is 91.2 Å². The van der Waals surface area contributed by atoms with Crippen LogP contribution >= 0.6 is 0 Å². The molecule has 1 atom stereocenters. The van der Waals surface area contributed by atoms with E-state index in [1.165, 1.54) is 7.05 Å². The van der Waals surface area contributed by atoms with Crippen molar-refractivity contribution in [2.24, 2.45) is 5.73 Å². The summed E-state index contributed by atoms with van der Waals surface area (Å²) in [5.41, 5.74) is 6.29. The Morgan fingerprint density at radius 2 is 2.05 bits per heavy atom. The average molecular weight is 272 g/mol. The molecule has 0 saturated carbocycles. The molecule has 6 nitrogen and oxygen atoms in total. The molecule has 0 bridgehead atoms. The molecule has 4 N–H and O–H groups in total. The molecule has 3 rings (SSSR count). The van der Waals surface area contributed by atoms with Crippen LogP contribution in [0.2, 0.25) is 0 Å². The number of amides is 3. The number of hydrogen-bond acceptors (Lipinski definition) is 3. The van der Waals surface area contributed by atoms with Crippen LogP contribution in [0, 0.1) is 0 Å². The van der Waals surface area contributed by atoms with Gasteiger partial charge in [0.05, 0.1) is 0 Å². The number of hydrogen-bond donors (Lipinski definition) is 3. The summed E-state index contributed by atoms with van der Waals surface area (Å²) in [7, 11) is 1.48. The summed E-state index contributed by atoms with van der Waals surface area (Å²) < 4.78 is 0. The van der Waals surface area contributed by atoms with Crippen LogP contribution in [0.1, 0.15) is 12.0 Å². The number of imide groups is 1. The molecular weight excluding hydrogens is 256 g/mol. The summed E-state index contributed by atoms with van der Waals surface area (Å²) in [5.74, 6) is -0.266. The lowest BCUT2D eigenvalue weighted by Gasteiger charge is -2.25. The minimum Gasteiger partial charge on any atom is -0.361 e. The highest BCUT2D eigenvalue weighted by Crippen LogP contribution is 2.35. The van der Waals surface area contributed by atoms with Crippen LogP contribution in [-0.2, 0) is 10.3 Å². The van der Waals surface area contributed by atoms with Gasteiger partial charge in [-0.25, -0.2) is 4.79 Å². The summed E-state index contributed by atoms with van der Waals surface area (Å²) in [6, 6.07) is 7.28. The third-order valence-electron chi connectivity index (χ3n) is 3.86. The van der Waals surface area contributed by atoms with E-state index < -0.39 is 11.6 Å². The van der Waals surface area contributed by atoms with Gasteiger partial charge in [-0.1, -0.05) is 18.2 Å². The Morgan fingerprint density at radius 3 is 2.70 bits per heavy atom. The third-order valence-corrected chi connectivity index (χ3v) is 3.86. The SMILES string of the molecule is CN1C(=O)NC(CCN)(c2c[nH]c3ccccc23)C1=O. The van der Waals surface area contributed by atoms with Gasteiger partial charge >= 0.3 is 6.03 Å². The van der Waals surface area contributed by atoms with Crippen LogP contribution in [0.4, 0.5) is 4.79 Å². The molecule has 2 aromatic rings. The lowest BCUT2D eigenvalue weighted by molar-refractivity contribution is -0.130. The number of likely N-dealkylation sites (N-methyl/N-ethyl adjacent to an activating group) is 1. The predicted molar refractivity (Wildman–Crippen MR) is 74.9 cm³/mol. The first-order valence-corrected chi connectivity index (χ1v) is 6.47. The molecule has 20 heavy (non-hydrogen) atoms. The van der Waals surface area contributed by atoms with Crippen LogP contribution in [0.25, 0.3) is 10.9 Å². The second-order valence-electron chi connectivity index (χ2n) is 4.99. The van der Waals surface area contributed by atoms with Crippen LogP contribution in [0.3, 0.4) is 0 Å². The fourth-order valence-corrected chi connectivity index (χ4v) is 2.83. The predicted octanol–water partition coefficient (Wildman–Crippen LogP) is 0.894. The molecule has 0 spiro atoms. The Morgan fingerprint density at radius 1 is 1.30 bits per heavy atom. The van der Waals surface area contributed by atoms with Gasteiger partial charge in [-0.15, -0.1) is 0 Å². The number of H-pyrrole nitrogens is 1. The Kier molecular flexibility index (Phi) is 2.76. The number of aromatic nitrogens is 1. The van der Waals surface area contributed by atoms with E-state index in [0.29, 0.717) is 13.0 Å². The number of rotatable bonds is 3. The van der Waals surface area contributed by atoms with E-state index in [2.05, 4.69) is 10.3 Å². The van der Waals surface area contributed by atoms with Gasteiger partial charge in [0.15, 0.2) is 0 Å². The molecule has 1 aromatic carbocycles. The minimum absolute atomic E-state index is 0.266. The largest absolute Gasteiger partial charge is 0.361 e. The van der Waals surface area contributed by atoms with E-state index >= 15 is 0 Å². The quantitative estimate of drug-likeness (QED) is 0.725. The molecule has 1 aliphatic rings. The molecule has 3 amide bonds. The Balaban J connectivity index is 2.21. The highest BCUT2D eigenvalue weighted by molar-refractivity contribution is 6.09. The minimum atomic E-state index is -1.07. The summed E-state index contributed by atoms with van der Waals surface area (Å²) in [6.45, 7) is 0.305. The Hall–Kier alpha value is -2.34. The van der Waals surface area contributed by atoms with Crippen LogP contribution in [0.15, 0.2) is 30.5 Å². The highest BCUT2D eigenvalue weighted by atomic mass is 16.2. The van der Waals surface area contributed by atoms with Gasteiger partial charge in [-0.3, -0.25) is 9.69 Å². The van der Waals surface area contributed by atoms with E-state index in [4.69, 9.17) is 5.73 Å². The van der Waals surface area contributed by atoms with Gasteiger partial charge in [0.25, 0.3) is 5.91 Å². The first-order chi connectivity index (χ1) is 9.60. The number of urea groups is 1. The lowest BCUT2D eigenvalue weighted by atomic mass is 9.86. The van der Waals surface area contributed by atoms with E-state index in [-0.39, 0.29) is 5.91 Å². The smallest absolute Gasteiger partial charge is 0.325 e. The summed E-state index contributed by atoms with van der Waals surface area (Å²) >= 11 is 0. The third kappa shape index (κ3) is 1.55. The fourth-order valence-electron chi connectivity index (χ4n) is 2.83. The zero-order valence-electron chi connectivity index (χ0n) is 11.1. The Labute approximate surface area is 115 Å². The lowest BCUT2D eigenvalue weighted by Crippen LogP contribution is -2.45. The molecule has 104 valence electrons. The number of nitrogens with zero attached hydrogens (tertiary/aromatic N) is 1. The molecule has 1 aliphatic heterocycles. The Bertz CT molecular complexity index is 693. The van der Waals surface area contributed by atoms with E-state index in [9.17, 15) is 9.59 Å². The first kappa shape index (κ1) is 12.7. The molecule has 0 radical (unpaired) electrons. The maximum absolute atomic E-state index is 12.5. The summed E-state index contributed by atoms with van der Waals surface area (Å²) in [6.07, 6.45) is 2.14. The van der Waals surface area contributed by atoms with E-state index in [0.717, 1.165) is 21.4 Å². The number of para-hydroxylation sites is 1. The van der Waals surface area contributed by atoms with Crippen molar-refractivity contribution in [3.8, 4) is 0 Å². The maximum Gasteiger partial charge on any atom is 0.325 e. The summed E-state index contributed by atoms with van der Waals surface area (Å²) in [4.78, 5) is 28.6. The molecule has 1 unspecified atom stereocenters. The van der Waals surface area contributed by atoms with Crippen molar-refractivity contribution in [2.75, 3.05) is 13.6 Å². The van der Waals surface area contributed by atoms with Gasteiger partial charge in [-0.2, -0.15) is 0 Å². The standard InChI is InChI=1S/C14H16N4O2/c1-18-12(19)14(6-7-15,17-13(18)20)10-8-16-11-5-3-2-4-9(10)11/h2-5,8,16H,6-7,15H2,1H3,(H,17,20). The van der Waals surface area contributed by atoms with E-state index in [1.54, 1.807) is 6.20 Å². The molecular formula is C14H16N4O2. The molecule has 1 saturated heterocycles. The van der Waals surface area contributed by atoms with Crippen molar-refractivity contribution in [1.82, 2.24) is 15.2 Å². The number of nitrogens with two attached hydrogens (primary N) is 1. The molecule has 2 heterocycles. The van der Waals surface area contributed by atoms with Crippen LogP contribution in [0.5, 0.6) is 0 Å². The number of fused-ring (bicyclic) bond motifs is 1. The van der Waals surface area contributed by atoms with Crippen LogP contribution in [-0.4, -0.2) is 35.4 Å². The van der Waals surface area contributed by atoms with Gasteiger partial charge in [0.2, 0.25) is 0 Å². The number of carbonyl (C=O) groups excluding carboxylic acids is 2. The number of aromatic amines is 1. The second kappa shape index (κ2) is 4.35. The van der Waals surface area contributed by atoms with Crippen molar-refractivity contribution in [2.45, 2.75) is 12.0 Å². The zero-order chi connectivity index (χ0) is 14.3. The van der Waals surface area contributed by atoms with Crippen molar-refractivity contribution in [3.05, 3.63) is 36.0 Å². The number of carbonyl (C=O) groups is 2. The van der Waals surface area contributed by atoms with Crippen molar-refractivity contribution in [3.63, 3.8) is 0 Å². The monoisotopic (exact) mass is 272 g/mol. The molecule has 1 fully saturated rings. The fraction of sp³-hybridized carbons (Fsp3) is 0.286. The van der Waals surface area contributed by atoms with Crippen LogP contribution < -0.4 is 11.1 Å². The number of benzene rings is 1. The van der Waals surface area contributed by atoms with Gasteiger partial charge in [-0.05, 0) is 19.0 Å². The van der Waals surface area contributed by atoms with Crippen molar-refractivity contribution < 1.29 is 9.59 Å². The normalized spacial score (nSPS) is 22.6. The highest BCUT2D eigenvalue weighted by Gasteiger charge is 2.51. The summed E-state index contributed by atoms with van der Waals surface area (Å²) in [5, 5.41) is 3.72.